The molecule has 6 heteroatoms. The normalized spacial score (nSPS) is 13.4. The molecule has 0 radical (unpaired) electrons. The number of Topliss-reactive ketones (excluding diaryl/α,β-unsaturated/α-hetero) is 1. The third-order valence-corrected chi connectivity index (χ3v) is 7.54. The number of fused-ring (bicyclic) bond motifs is 3. The fourth-order valence-electron chi connectivity index (χ4n) is 4.96. The van der Waals surface area contributed by atoms with Crippen molar-refractivity contribution in [3.63, 3.8) is 0 Å². The van der Waals surface area contributed by atoms with Crippen molar-refractivity contribution in [2.75, 3.05) is 6.61 Å². The number of ether oxygens (including phenoxy) is 1. The Labute approximate surface area is 217 Å². The van der Waals surface area contributed by atoms with Gasteiger partial charge in [-0.05, 0) is 87.7 Å². The molecule has 1 aromatic heterocycles. The van der Waals surface area contributed by atoms with Gasteiger partial charge in [0.2, 0.25) is 0 Å². The van der Waals surface area contributed by atoms with Crippen molar-refractivity contribution in [3.8, 4) is 5.75 Å². The maximum absolute atomic E-state index is 12.9. The number of carbonyl (C=O) groups excluding carboxylic acids is 2. The minimum Gasteiger partial charge on any atom is -0.483 e. The number of allylic oxidation sites excluding steroid dienone is 4. The molecule has 1 aliphatic carbocycles. The smallest absolute Gasteiger partial charge is 0.267 e. The molecule has 0 aliphatic heterocycles. The second kappa shape index (κ2) is 11.7. The summed E-state index contributed by atoms with van der Waals surface area (Å²) < 4.78 is 11.3. The van der Waals surface area contributed by atoms with Gasteiger partial charge in [-0.25, -0.2) is 0 Å². The first-order chi connectivity index (χ1) is 17.4. The maximum atomic E-state index is 12.9. The lowest BCUT2D eigenvalue weighted by atomic mass is 10.0. The summed E-state index contributed by atoms with van der Waals surface area (Å²) in [7, 11) is 0. The second-order valence-corrected chi connectivity index (χ2v) is 10.0. The number of benzene rings is 2. The van der Waals surface area contributed by atoms with Crippen LogP contribution in [-0.2, 0) is 24.2 Å². The summed E-state index contributed by atoms with van der Waals surface area (Å²) in [5.74, 6) is 0.409. The molecule has 0 unspecified atom stereocenters. The number of nitrogens with zero attached hydrogens (tertiary/aromatic N) is 1. The monoisotopic (exact) mass is 502 g/mol. The van der Waals surface area contributed by atoms with E-state index in [-0.39, 0.29) is 18.3 Å². The Bertz CT molecular complexity index is 1340. The zero-order chi connectivity index (χ0) is 25.7. The molecule has 0 atom stereocenters. The zero-order valence-electron chi connectivity index (χ0n) is 21.5. The molecule has 2 aromatic carbocycles. The molecule has 0 saturated carbocycles. The van der Waals surface area contributed by atoms with Crippen LogP contribution in [0, 0.1) is 6.92 Å². The number of amides is 1. The van der Waals surface area contributed by atoms with Crippen molar-refractivity contribution in [2.45, 2.75) is 64.8 Å². The molecule has 0 spiro atoms. The van der Waals surface area contributed by atoms with Gasteiger partial charge in [-0.1, -0.05) is 48.9 Å². The van der Waals surface area contributed by atoms with Crippen molar-refractivity contribution in [3.05, 3.63) is 82.6 Å². The summed E-state index contributed by atoms with van der Waals surface area (Å²) >= 11 is 1.27. The summed E-state index contributed by atoms with van der Waals surface area (Å²) in [6, 6.07) is 11.7. The molecule has 36 heavy (non-hydrogen) atoms. The van der Waals surface area contributed by atoms with Gasteiger partial charge in [0.1, 0.15) is 5.75 Å². The van der Waals surface area contributed by atoms with E-state index in [1.807, 2.05) is 50.3 Å². The van der Waals surface area contributed by atoms with Crippen molar-refractivity contribution in [1.29, 1.82) is 0 Å². The second-order valence-electron chi connectivity index (χ2n) is 9.13. The van der Waals surface area contributed by atoms with Crippen LogP contribution >= 0.6 is 11.9 Å². The van der Waals surface area contributed by atoms with Crippen molar-refractivity contribution >= 4 is 34.5 Å². The average Bonchev–Trinajstić information content (AvgIpc) is 3.46. The molecular weight excluding hydrogens is 468 g/mol. The van der Waals surface area contributed by atoms with Gasteiger partial charge in [-0.15, -0.1) is 0 Å². The molecular formula is C30H34N2O3S. The molecule has 188 valence electrons. The van der Waals surface area contributed by atoms with Crippen LogP contribution in [0.25, 0.3) is 10.9 Å². The van der Waals surface area contributed by atoms with E-state index >= 15 is 0 Å². The Balaban J connectivity index is 1.71. The lowest BCUT2D eigenvalue weighted by Crippen LogP contribution is -2.23. The molecule has 3 aromatic rings. The summed E-state index contributed by atoms with van der Waals surface area (Å²) in [5, 5.41) is 0.839. The number of rotatable bonds is 10. The quantitative estimate of drug-likeness (QED) is 0.189. The van der Waals surface area contributed by atoms with E-state index in [2.05, 4.69) is 34.4 Å². The number of aromatic nitrogens is 1. The minimum absolute atomic E-state index is 0.0126. The van der Waals surface area contributed by atoms with Gasteiger partial charge < -0.3 is 9.30 Å². The van der Waals surface area contributed by atoms with Crippen LogP contribution in [0.15, 0.2) is 65.1 Å². The summed E-state index contributed by atoms with van der Waals surface area (Å²) in [6.45, 7) is 8.42. The van der Waals surface area contributed by atoms with E-state index in [9.17, 15) is 9.59 Å². The number of ketones is 1. The van der Waals surface area contributed by atoms with Crippen LogP contribution in [-0.4, -0.2) is 22.9 Å². The van der Waals surface area contributed by atoms with Crippen LogP contribution in [0.3, 0.4) is 0 Å². The Morgan fingerprint density at radius 3 is 2.67 bits per heavy atom. The van der Waals surface area contributed by atoms with E-state index in [4.69, 9.17) is 4.74 Å². The lowest BCUT2D eigenvalue weighted by molar-refractivity contribution is -0.121. The van der Waals surface area contributed by atoms with Gasteiger partial charge in [0.05, 0.1) is 10.9 Å². The first-order valence-corrected chi connectivity index (χ1v) is 13.4. The van der Waals surface area contributed by atoms with Gasteiger partial charge in [0, 0.05) is 22.7 Å². The van der Waals surface area contributed by atoms with Crippen LogP contribution in [0.1, 0.15) is 60.8 Å². The topological polar surface area (TPSA) is 60.3 Å². The third kappa shape index (κ3) is 5.44. The maximum Gasteiger partial charge on any atom is 0.267 e. The fraction of sp³-hybridized carbons (Fsp3) is 0.333. The molecule has 5 nitrogen and oxygen atoms in total. The highest BCUT2D eigenvalue weighted by atomic mass is 32.2. The summed E-state index contributed by atoms with van der Waals surface area (Å²) in [6.07, 6.45) is 10.2. The van der Waals surface area contributed by atoms with Crippen LogP contribution in [0.4, 0.5) is 0 Å². The van der Waals surface area contributed by atoms with Crippen LogP contribution in [0.5, 0.6) is 5.75 Å². The molecule has 1 amide bonds. The highest BCUT2D eigenvalue weighted by Crippen LogP contribution is 2.41. The third-order valence-electron chi connectivity index (χ3n) is 6.70. The number of hydrogen-bond acceptors (Lipinski definition) is 4. The fourth-order valence-corrected chi connectivity index (χ4v) is 5.54. The van der Waals surface area contributed by atoms with E-state index in [0.717, 1.165) is 53.7 Å². The predicted octanol–water partition coefficient (Wildman–Crippen LogP) is 6.76. The summed E-state index contributed by atoms with van der Waals surface area (Å²) in [5.41, 5.74) is 6.57. The van der Waals surface area contributed by atoms with Crippen LogP contribution < -0.4 is 9.46 Å². The standard InChI is InChI=1S/C30H34N2O3S/c1-5-7-12-22(6-2)18-32-20(3)28(21(4)33)29-26(17-23-13-11-16-25(23)30(29)32)35-19-27(34)31-36-24-14-9-8-10-15-24/h5,7-10,12,14-15,17H,6,11,13,16,18-19H2,1-4H3,(H,31,34)/b7-5-,22-12+. The largest absolute Gasteiger partial charge is 0.483 e. The van der Waals surface area contributed by atoms with E-state index in [1.54, 1.807) is 6.92 Å². The van der Waals surface area contributed by atoms with E-state index in [0.29, 0.717) is 11.3 Å². The molecule has 0 fully saturated rings. The molecule has 4 rings (SSSR count). The number of nitrogens with one attached hydrogen (secondary N) is 1. The first kappa shape index (κ1) is 25.8. The van der Waals surface area contributed by atoms with Crippen LogP contribution in [0.2, 0.25) is 0 Å². The van der Waals surface area contributed by atoms with Gasteiger partial charge in [-0.2, -0.15) is 0 Å². The Morgan fingerprint density at radius 1 is 1.19 bits per heavy atom. The highest BCUT2D eigenvalue weighted by molar-refractivity contribution is 7.98. The highest BCUT2D eigenvalue weighted by Gasteiger charge is 2.27. The van der Waals surface area contributed by atoms with Gasteiger partial charge >= 0.3 is 0 Å². The molecule has 0 saturated heterocycles. The zero-order valence-corrected chi connectivity index (χ0v) is 22.3. The van der Waals surface area contributed by atoms with Crippen molar-refractivity contribution < 1.29 is 14.3 Å². The van der Waals surface area contributed by atoms with Crippen molar-refractivity contribution in [1.82, 2.24) is 9.29 Å². The Hall–Kier alpha value is -3.25. The average molecular weight is 503 g/mol. The predicted molar refractivity (Wildman–Crippen MR) is 148 cm³/mol. The molecule has 0 bridgehead atoms. The number of carbonyl (C=O) groups is 2. The SMILES string of the molecule is C/C=C\C=C(/CC)Cn1c(C)c(C(C)=O)c2c(OCC(=O)NSc3ccccc3)cc3c(c21)CCC3. The first-order valence-electron chi connectivity index (χ1n) is 12.6. The molecule has 1 heterocycles. The van der Waals surface area contributed by atoms with Gasteiger partial charge in [-0.3, -0.25) is 14.3 Å². The van der Waals surface area contributed by atoms with Gasteiger partial charge in [0.25, 0.3) is 5.91 Å². The Kier molecular flexibility index (Phi) is 8.36. The summed E-state index contributed by atoms with van der Waals surface area (Å²) in [4.78, 5) is 26.4. The molecule has 1 aliphatic rings. The molecule has 1 N–H and O–H groups in total. The lowest BCUT2D eigenvalue weighted by Gasteiger charge is -2.15. The number of aryl methyl sites for hydroxylation is 2. The number of hydrogen-bond donors (Lipinski definition) is 1. The minimum atomic E-state index is -0.222. The Morgan fingerprint density at radius 2 is 1.97 bits per heavy atom. The van der Waals surface area contributed by atoms with E-state index < -0.39 is 0 Å². The van der Waals surface area contributed by atoms with Gasteiger partial charge in [0.15, 0.2) is 12.4 Å². The van der Waals surface area contributed by atoms with E-state index in [1.165, 1.54) is 28.6 Å². The van der Waals surface area contributed by atoms with Crippen molar-refractivity contribution in [2.24, 2.45) is 0 Å².